The van der Waals surface area contributed by atoms with Crippen molar-refractivity contribution in [1.29, 1.82) is 0 Å². The number of hydrogen-bond acceptors (Lipinski definition) is 6. The second kappa shape index (κ2) is 8.79. The van der Waals surface area contributed by atoms with Crippen molar-refractivity contribution < 1.29 is 23.9 Å². The van der Waals surface area contributed by atoms with Gasteiger partial charge in [-0.05, 0) is 31.2 Å². The van der Waals surface area contributed by atoms with Gasteiger partial charge in [0.05, 0.1) is 24.2 Å². The monoisotopic (exact) mass is 400 g/mol. The highest BCUT2D eigenvalue weighted by Crippen LogP contribution is 2.34. The van der Waals surface area contributed by atoms with Crippen molar-refractivity contribution in [3.05, 3.63) is 48.5 Å². The van der Waals surface area contributed by atoms with Crippen molar-refractivity contribution in [3.8, 4) is 5.75 Å². The molecular weight excluding hydrogens is 380 g/mol. The van der Waals surface area contributed by atoms with E-state index in [1.165, 1.54) is 30.7 Å². The minimum absolute atomic E-state index is 0.174. The van der Waals surface area contributed by atoms with Crippen molar-refractivity contribution in [2.24, 2.45) is 0 Å². The molecule has 0 bridgehead atoms. The molecule has 7 nitrogen and oxygen atoms in total. The van der Waals surface area contributed by atoms with E-state index in [4.69, 9.17) is 9.47 Å². The molecule has 3 rings (SSSR count). The number of ether oxygens (including phenoxy) is 2. The standard InChI is InChI=1S/C20H20N2O5S/c1-13(20(25)21-14-7-3-5-9-16(14)26-2)27-19(24)11-22-15-8-4-6-10-17(15)28-12-18(22)23/h3-10,13H,11-12H2,1-2H3,(H,21,25)/t13-/m0/s1. The van der Waals surface area contributed by atoms with E-state index in [-0.39, 0.29) is 18.2 Å². The fourth-order valence-corrected chi connectivity index (χ4v) is 3.66. The molecule has 0 unspecified atom stereocenters. The Hall–Kier alpha value is -3.00. The van der Waals surface area contributed by atoms with Gasteiger partial charge in [0.25, 0.3) is 5.91 Å². The highest BCUT2D eigenvalue weighted by Gasteiger charge is 2.28. The van der Waals surface area contributed by atoms with Gasteiger partial charge in [0.2, 0.25) is 5.91 Å². The molecule has 1 heterocycles. The first-order valence-corrected chi connectivity index (χ1v) is 9.63. The maximum atomic E-state index is 12.3. The molecule has 28 heavy (non-hydrogen) atoms. The lowest BCUT2D eigenvalue weighted by Gasteiger charge is -2.28. The number of amides is 2. The van der Waals surface area contributed by atoms with Crippen LogP contribution in [0.25, 0.3) is 0 Å². The lowest BCUT2D eigenvalue weighted by Crippen LogP contribution is -2.41. The fourth-order valence-electron chi connectivity index (χ4n) is 2.73. The molecule has 0 aliphatic carbocycles. The lowest BCUT2D eigenvalue weighted by atomic mass is 10.2. The van der Waals surface area contributed by atoms with Gasteiger partial charge in [-0.3, -0.25) is 19.3 Å². The number of benzene rings is 2. The van der Waals surface area contributed by atoms with E-state index in [0.29, 0.717) is 17.1 Å². The van der Waals surface area contributed by atoms with E-state index in [2.05, 4.69) is 5.32 Å². The van der Waals surface area contributed by atoms with E-state index >= 15 is 0 Å². The molecule has 2 aromatic rings. The van der Waals surface area contributed by atoms with Crippen LogP contribution in [0.2, 0.25) is 0 Å². The summed E-state index contributed by atoms with van der Waals surface area (Å²) >= 11 is 1.43. The summed E-state index contributed by atoms with van der Waals surface area (Å²) in [7, 11) is 1.50. The Morgan fingerprint density at radius 2 is 1.89 bits per heavy atom. The van der Waals surface area contributed by atoms with Crippen LogP contribution in [0.5, 0.6) is 5.75 Å². The summed E-state index contributed by atoms with van der Waals surface area (Å²) in [6.07, 6.45) is -1.03. The van der Waals surface area contributed by atoms with Gasteiger partial charge >= 0.3 is 5.97 Å². The quantitative estimate of drug-likeness (QED) is 0.751. The number of thioether (sulfide) groups is 1. The van der Waals surface area contributed by atoms with Crippen LogP contribution in [0.1, 0.15) is 6.92 Å². The average Bonchev–Trinajstić information content (AvgIpc) is 2.70. The van der Waals surface area contributed by atoms with Gasteiger partial charge in [0, 0.05) is 4.90 Å². The number of para-hydroxylation sites is 3. The van der Waals surface area contributed by atoms with Gasteiger partial charge in [0.15, 0.2) is 6.10 Å². The van der Waals surface area contributed by atoms with E-state index in [0.717, 1.165) is 4.90 Å². The fraction of sp³-hybridized carbons (Fsp3) is 0.250. The summed E-state index contributed by atoms with van der Waals surface area (Å²) < 4.78 is 10.4. The Morgan fingerprint density at radius 3 is 2.68 bits per heavy atom. The first kappa shape index (κ1) is 19.8. The van der Waals surface area contributed by atoms with Crippen LogP contribution in [0.3, 0.4) is 0 Å². The third-order valence-corrected chi connectivity index (χ3v) is 5.19. The first-order chi connectivity index (χ1) is 13.5. The second-order valence-corrected chi connectivity index (χ2v) is 7.08. The minimum atomic E-state index is -1.03. The largest absolute Gasteiger partial charge is 0.495 e. The molecule has 1 atom stereocenters. The summed E-state index contributed by atoms with van der Waals surface area (Å²) in [5, 5.41) is 2.67. The number of hydrogen-bond donors (Lipinski definition) is 1. The number of esters is 1. The van der Waals surface area contributed by atoms with Gasteiger partial charge < -0.3 is 14.8 Å². The number of nitrogens with one attached hydrogen (secondary N) is 1. The number of carbonyl (C=O) groups is 3. The van der Waals surface area contributed by atoms with Gasteiger partial charge in [-0.15, -0.1) is 11.8 Å². The molecule has 1 aliphatic rings. The molecule has 2 amide bonds. The summed E-state index contributed by atoms with van der Waals surface area (Å²) in [6, 6.07) is 14.3. The Bertz CT molecular complexity index is 902. The summed E-state index contributed by atoms with van der Waals surface area (Å²) in [5.74, 6) is -0.556. The first-order valence-electron chi connectivity index (χ1n) is 8.65. The van der Waals surface area contributed by atoms with Gasteiger partial charge in [-0.1, -0.05) is 24.3 Å². The zero-order valence-electron chi connectivity index (χ0n) is 15.5. The third kappa shape index (κ3) is 4.45. The molecule has 1 N–H and O–H groups in total. The van der Waals surface area contributed by atoms with Crippen molar-refractivity contribution >= 4 is 40.9 Å². The number of anilines is 2. The number of nitrogens with zero attached hydrogens (tertiary/aromatic N) is 1. The van der Waals surface area contributed by atoms with Crippen LogP contribution in [0, 0.1) is 0 Å². The molecule has 1 aliphatic heterocycles. The number of carbonyl (C=O) groups excluding carboxylic acids is 3. The Balaban J connectivity index is 1.61. The maximum absolute atomic E-state index is 12.3. The van der Waals surface area contributed by atoms with E-state index in [1.54, 1.807) is 36.4 Å². The van der Waals surface area contributed by atoms with Gasteiger partial charge in [0.1, 0.15) is 12.3 Å². The van der Waals surface area contributed by atoms with Crippen molar-refractivity contribution in [2.75, 3.05) is 29.6 Å². The molecule has 0 saturated carbocycles. The predicted octanol–water partition coefficient (Wildman–Crippen LogP) is 2.70. The molecule has 146 valence electrons. The molecule has 0 saturated heterocycles. The summed E-state index contributed by atoms with van der Waals surface area (Å²) in [4.78, 5) is 39.2. The topological polar surface area (TPSA) is 84.9 Å². The molecule has 2 aromatic carbocycles. The van der Waals surface area contributed by atoms with E-state index in [9.17, 15) is 14.4 Å². The highest BCUT2D eigenvalue weighted by atomic mass is 32.2. The van der Waals surface area contributed by atoms with Crippen LogP contribution in [0.15, 0.2) is 53.4 Å². The van der Waals surface area contributed by atoms with Crippen LogP contribution >= 0.6 is 11.8 Å². The molecule has 0 fully saturated rings. The van der Waals surface area contributed by atoms with E-state index in [1.807, 2.05) is 12.1 Å². The normalized spacial score (nSPS) is 14.1. The molecule has 0 radical (unpaired) electrons. The lowest BCUT2D eigenvalue weighted by molar-refractivity contribution is -0.152. The number of fused-ring (bicyclic) bond motifs is 1. The van der Waals surface area contributed by atoms with Crippen molar-refractivity contribution in [1.82, 2.24) is 0 Å². The summed E-state index contributed by atoms with van der Waals surface area (Å²) in [5.41, 5.74) is 1.15. The zero-order chi connectivity index (χ0) is 20.1. The Labute approximate surface area is 167 Å². The van der Waals surface area contributed by atoms with Crippen molar-refractivity contribution in [3.63, 3.8) is 0 Å². The SMILES string of the molecule is COc1ccccc1NC(=O)[C@H](C)OC(=O)CN1C(=O)CSc2ccccc21. The van der Waals surface area contributed by atoms with Crippen molar-refractivity contribution in [2.45, 2.75) is 17.9 Å². The van der Waals surface area contributed by atoms with Crippen LogP contribution in [-0.2, 0) is 19.1 Å². The zero-order valence-corrected chi connectivity index (χ0v) is 16.3. The molecular formula is C20H20N2O5S. The summed E-state index contributed by atoms with van der Waals surface area (Å²) in [6.45, 7) is 1.23. The van der Waals surface area contributed by atoms with Gasteiger partial charge in [-0.25, -0.2) is 0 Å². The predicted molar refractivity (Wildman–Crippen MR) is 107 cm³/mol. The van der Waals surface area contributed by atoms with Crippen LogP contribution in [-0.4, -0.2) is 43.3 Å². The smallest absolute Gasteiger partial charge is 0.326 e. The third-order valence-electron chi connectivity index (χ3n) is 4.14. The minimum Gasteiger partial charge on any atom is -0.495 e. The molecule has 8 heteroatoms. The number of rotatable bonds is 6. The van der Waals surface area contributed by atoms with Crippen LogP contribution < -0.4 is 15.0 Å². The average molecular weight is 400 g/mol. The van der Waals surface area contributed by atoms with E-state index < -0.39 is 18.0 Å². The maximum Gasteiger partial charge on any atom is 0.326 e. The van der Waals surface area contributed by atoms with Crippen LogP contribution in [0.4, 0.5) is 11.4 Å². The second-order valence-electron chi connectivity index (χ2n) is 6.06. The number of methoxy groups -OCH3 is 1. The Kier molecular flexibility index (Phi) is 6.20. The Morgan fingerprint density at radius 1 is 1.18 bits per heavy atom. The molecule has 0 aromatic heterocycles. The molecule has 0 spiro atoms. The highest BCUT2D eigenvalue weighted by molar-refractivity contribution is 8.00. The van der Waals surface area contributed by atoms with Gasteiger partial charge in [-0.2, -0.15) is 0 Å².